The van der Waals surface area contributed by atoms with Crippen LogP contribution in [0.5, 0.6) is 0 Å². The molecule has 10 nitrogen and oxygen atoms in total. The molecule has 0 unspecified atom stereocenters. The number of aromatic nitrogens is 4. The van der Waals surface area contributed by atoms with Gasteiger partial charge in [0, 0.05) is 38.7 Å². The van der Waals surface area contributed by atoms with Gasteiger partial charge in [-0.2, -0.15) is 10.4 Å². The Morgan fingerprint density at radius 1 is 1.31 bits per heavy atom. The topological polar surface area (TPSA) is 141 Å². The summed E-state index contributed by atoms with van der Waals surface area (Å²) in [5.74, 6) is -1.02. The van der Waals surface area contributed by atoms with E-state index < -0.39 is 19.8 Å². The molecule has 2 aromatic heterocycles. The first-order chi connectivity index (χ1) is 18.3. The minimum Gasteiger partial charge on any atom is -0.369 e. The highest BCUT2D eigenvalue weighted by Crippen LogP contribution is 2.26. The Hall–Kier alpha value is -3.53. The van der Waals surface area contributed by atoms with Gasteiger partial charge >= 0.3 is 0 Å². The largest absolute Gasteiger partial charge is 0.369 e. The maximum absolute atomic E-state index is 14.1. The molecule has 0 aliphatic carbocycles. The molecule has 2 heterocycles. The molecule has 13 heteroatoms. The number of rotatable bonds is 13. The normalized spacial score (nSPS) is 12.2. The molecule has 0 radical (unpaired) electrons. The van der Waals surface area contributed by atoms with Gasteiger partial charge < -0.3 is 20.4 Å². The van der Waals surface area contributed by atoms with Crippen LogP contribution in [-0.2, 0) is 40.4 Å². The number of imidazole rings is 1. The van der Waals surface area contributed by atoms with Gasteiger partial charge in [0.15, 0.2) is 0 Å². The van der Waals surface area contributed by atoms with Crippen LogP contribution < -0.4 is 11.1 Å². The van der Waals surface area contributed by atoms with Gasteiger partial charge in [-0.15, -0.1) is 0 Å². The summed E-state index contributed by atoms with van der Waals surface area (Å²) in [6.45, 7) is 9.84. The van der Waals surface area contributed by atoms with E-state index in [1.807, 2.05) is 6.92 Å². The summed E-state index contributed by atoms with van der Waals surface area (Å²) < 4.78 is 23.2. The fraction of sp³-hybridized carbons (Fsp3) is 0.423. The summed E-state index contributed by atoms with van der Waals surface area (Å²) >= 11 is 6.00. The maximum Gasteiger partial charge on any atom is 0.226 e. The predicted molar refractivity (Wildman–Crippen MR) is 148 cm³/mol. The Bertz CT molecular complexity index is 1350. The Kier molecular flexibility index (Phi) is 10.0. The average Bonchev–Trinajstić information content (AvgIpc) is 3.42. The zero-order valence-electron chi connectivity index (χ0n) is 22.5. The summed E-state index contributed by atoms with van der Waals surface area (Å²) in [6.07, 6.45) is 3.39. The van der Waals surface area contributed by atoms with Crippen LogP contribution in [0.4, 0.5) is 4.39 Å². The highest BCUT2D eigenvalue weighted by molar-refractivity contribution is 6.76. The number of nitrogens with zero attached hydrogens (tertiary/aromatic N) is 5. The van der Waals surface area contributed by atoms with Gasteiger partial charge in [0.1, 0.15) is 30.0 Å². The van der Waals surface area contributed by atoms with E-state index in [0.29, 0.717) is 35.9 Å². The number of carbonyl (C=O) groups excluding carboxylic acids is 2. The van der Waals surface area contributed by atoms with E-state index in [0.717, 1.165) is 6.04 Å². The molecule has 0 fully saturated rings. The summed E-state index contributed by atoms with van der Waals surface area (Å²) in [7, 11) is -1.23. The molecular formula is C26H33ClFN7O3Si. The number of amides is 2. The third-order valence-corrected chi connectivity index (χ3v) is 7.77. The number of benzene rings is 1. The Morgan fingerprint density at radius 2 is 2.05 bits per heavy atom. The number of hydrogen-bond donors (Lipinski definition) is 2. The van der Waals surface area contributed by atoms with Gasteiger partial charge in [0.2, 0.25) is 11.8 Å². The molecule has 3 aromatic rings. The van der Waals surface area contributed by atoms with E-state index in [9.17, 15) is 14.0 Å². The predicted octanol–water partition coefficient (Wildman–Crippen LogP) is 3.50. The van der Waals surface area contributed by atoms with Crippen LogP contribution in [0, 0.1) is 17.1 Å². The maximum atomic E-state index is 14.1. The van der Waals surface area contributed by atoms with Crippen molar-refractivity contribution in [2.24, 2.45) is 5.73 Å². The Balaban J connectivity index is 1.58. The van der Waals surface area contributed by atoms with Crippen molar-refractivity contribution < 1.29 is 18.7 Å². The van der Waals surface area contributed by atoms with E-state index in [1.165, 1.54) is 12.1 Å². The zero-order valence-corrected chi connectivity index (χ0v) is 24.3. The number of nitriles is 1. The average molecular weight is 574 g/mol. The SMILES string of the molecule is C[C@@H](Cn1ccc(-c2cc(F)c(C#N)c(Cl)c2)n1)NC(=O)Cc1cn(COCC[Si](C)(C)C)c(CC(N)=O)n1. The van der Waals surface area contributed by atoms with Gasteiger partial charge in [-0.05, 0) is 31.2 Å². The monoisotopic (exact) mass is 573 g/mol. The van der Waals surface area contributed by atoms with E-state index in [4.69, 9.17) is 27.3 Å². The van der Waals surface area contributed by atoms with Crippen molar-refractivity contribution in [2.75, 3.05) is 6.61 Å². The van der Waals surface area contributed by atoms with E-state index in [-0.39, 0.29) is 42.1 Å². The molecule has 39 heavy (non-hydrogen) atoms. The van der Waals surface area contributed by atoms with Crippen molar-refractivity contribution in [1.82, 2.24) is 24.6 Å². The summed E-state index contributed by atoms with van der Waals surface area (Å²) in [5.41, 5.74) is 6.59. The second-order valence-electron chi connectivity index (χ2n) is 10.6. The Morgan fingerprint density at radius 3 is 2.69 bits per heavy atom. The van der Waals surface area contributed by atoms with Crippen molar-refractivity contribution in [3.8, 4) is 17.3 Å². The summed E-state index contributed by atoms with van der Waals surface area (Å²) in [4.78, 5) is 28.6. The minimum atomic E-state index is -1.23. The smallest absolute Gasteiger partial charge is 0.226 e. The number of hydrogen-bond acceptors (Lipinski definition) is 6. The highest BCUT2D eigenvalue weighted by atomic mass is 35.5. The van der Waals surface area contributed by atoms with Gasteiger partial charge in [0.05, 0.1) is 35.8 Å². The van der Waals surface area contributed by atoms with Crippen LogP contribution in [0.15, 0.2) is 30.6 Å². The molecular weight excluding hydrogens is 541 g/mol. The van der Waals surface area contributed by atoms with Crippen molar-refractivity contribution >= 4 is 31.5 Å². The lowest BCUT2D eigenvalue weighted by atomic mass is 10.1. The molecule has 0 aliphatic heterocycles. The van der Waals surface area contributed by atoms with Crippen molar-refractivity contribution in [1.29, 1.82) is 5.26 Å². The third-order valence-electron chi connectivity index (χ3n) is 5.77. The number of nitrogens with two attached hydrogens (primary N) is 1. The van der Waals surface area contributed by atoms with E-state index in [2.05, 4.69) is 35.0 Å². The Labute approximate surface area is 232 Å². The second kappa shape index (κ2) is 13.0. The van der Waals surface area contributed by atoms with Crippen LogP contribution in [0.3, 0.4) is 0 Å². The first-order valence-corrected chi connectivity index (χ1v) is 16.6. The van der Waals surface area contributed by atoms with Crippen LogP contribution in [0.2, 0.25) is 30.7 Å². The first kappa shape index (κ1) is 30.0. The molecule has 0 aliphatic rings. The number of primary amides is 1. The van der Waals surface area contributed by atoms with E-state index in [1.54, 1.807) is 33.8 Å². The highest BCUT2D eigenvalue weighted by Gasteiger charge is 2.17. The number of carbonyl (C=O) groups is 2. The van der Waals surface area contributed by atoms with Crippen molar-refractivity contribution in [2.45, 2.75) is 64.8 Å². The number of ether oxygens (including phenoxy) is 1. The lowest BCUT2D eigenvalue weighted by Gasteiger charge is -2.16. The van der Waals surface area contributed by atoms with Crippen LogP contribution in [0.1, 0.15) is 24.0 Å². The van der Waals surface area contributed by atoms with Crippen molar-refractivity contribution in [3.05, 3.63) is 58.5 Å². The molecule has 1 atom stereocenters. The summed E-state index contributed by atoms with van der Waals surface area (Å²) in [5, 5.41) is 16.3. The number of nitrogens with one attached hydrogen (secondary N) is 1. The van der Waals surface area contributed by atoms with Crippen molar-refractivity contribution in [3.63, 3.8) is 0 Å². The minimum absolute atomic E-state index is 0.0160. The van der Waals surface area contributed by atoms with E-state index >= 15 is 0 Å². The van der Waals surface area contributed by atoms with Crippen LogP contribution in [0.25, 0.3) is 11.3 Å². The summed E-state index contributed by atoms with van der Waals surface area (Å²) in [6, 6.07) is 6.87. The van der Waals surface area contributed by atoms with Gasteiger partial charge in [-0.3, -0.25) is 14.3 Å². The second-order valence-corrected chi connectivity index (χ2v) is 16.6. The lowest BCUT2D eigenvalue weighted by Crippen LogP contribution is -2.36. The molecule has 0 spiro atoms. The molecule has 2 amide bonds. The van der Waals surface area contributed by atoms with Gasteiger partial charge in [-0.1, -0.05) is 31.2 Å². The molecule has 3 N–H and O–H groups in total. The molecule has 3 rings (SSSR count). The van der Waals surface area contributed by atoms with Crippen LogP contribution in [-0.4, -0.2) is 51.9 Å². The fourth-order valence-corrected chi connectivity index (χ4v) is 4.82. The third kappa shape index (κ3) is 9.02. The molecule has 0 saturated heterocycles. The molecule has 1 aromatic carbocycles. The number of halogens is 2. The molecule has 0 bridgehead atoms. The zero-order chi connectivity index (χ0) is 28.7. The molecule has 208 valence electrons. The molecule has 0 saturated carbocycles. The lowest BCUT2D eigenvalue weighted by molar-refractivity contribution is -0.121. The standard InChI is InChI=1S/C26H33ClFN7O3Si/c1-17(14-35-6-5-23(33-35)18-9-21(27)20(13-29)22(28)10-18)31-26(37)11-19-15-34(25(32-19)12-24(30)36)16-38-7-8-39(2,3)4/h5-6,9-10,15,17H,7-8,11-12,14,16H2,1-4H3,(H2,30,36)(H,31,37)/t17-/m0/s1. The first-order valence-electron chi connectivity index (χ1n) is 12.5. The fourth-order valence-electron chi connectivity index (χ4n) is 3.81. The quantitative estimate of drug-likeness (QED) is 0.237. The van der Waals surface area contributed by atoms with Gasteiger partial charge in [0.25, 0.3) is 0 Å². The van der Waals surface area contributed by atoms with Crippen LogP contribution >= 0.6 is 11.6 Å². The van der Waals surface area contributed by atoms with Gasteiger partial charge in [-0.25, -0.2) is 9.37 Å².